The molecule has 0 radical (unpaired) electrons. The Hall–Kier alpha value is -3.28. The van der Waals surface area contributed by atoms with Crippen molar-refractivity contribution in [3.8, 4) is 5.75 Å². The third kappa shape index (κ3) is 3.90. The lowest BCUT2D eigenvalue weighted by molar-refractivity contribution is 0.0624. The molecule has 0 bridgehead atoms. The van der Waals surface area contributed by atoms with Crippen LogP contribution >= 0.6 is 0 Å². The number of anilines is 1. The number of nitrogens with one attached hydrogen (secondary N) is 1. The predicted octanol–water partition coefficient (Wildman–Crippen LogP) is 4.81. The van der Waals surface area contributed by atoms with E-state index in [4.69, 9.17) is 9.15 Å². The van der Waals surface area contributed by atoms with Gasteiger partial charge in [0.15, 0.2) is 17.1 Å². The summed E-state index contributed by atoms with van der Waals surface area (Å²) in [5.74, 6) is 1.19. The lowest BCUT2D eigenvalue weighted by Crippen LogP contribution is -2.42. The summed E-state index contributed by atoms with van der Waals surface area (Å²) in [5.41, 5.74) is 1.48. The lowest BCUT2D eigenvalue weighted by Gasteiger charge is -2.35. The van der Waals surface area contributed by atoms with Crippen LogP contribution < -0.4 is 10.1 Å². The third-order valence-corrected chi connectivity index (χ3v) is 5.51. The minimum absolute atomic E-state index is 0.0597. The molecule has 4 rings (SSSR count). The monoisotopic (exact) mass is 406 g/mol. The van der Waals surface area contributed by atoms with Gasteiger partial charge in [0.2, 0.25) is 0 Å². The van der Waals surface area contributed by atoms with Crippen molar-refractivity contribution in [3.05, 3.63) is 59.9 Å². The zero-order valence-electron chi connectivity index (χ0n) is 17.5. The first-order valence-electron chi connectivity index (χ1n) is 10.2. The maximum absolute atomic E-state index is 13.2. The summed E-state index contributed by atoms with van der Waals surface area (Å²) < 4.78 is 11.0. The van der Waals surface area contributed by atoms with Crippen LogP contribution in [0.15, 0.2) is 52.9 Å². The van der Waals surface area contributed by atoms with Crippen molar-refractivity contribution in [2.45, 2.75) is 20.3 Å². The molecule has 156 valence electrons. The molecule has 0 saturated carbocycles. The van der Waals surface area contributed by atoms with Gasteiger partial charge >= 0.3 is 0 Å². The third-order valence-electron chi connectivity index (χ3n) is 5.51. The van der Waals surface area contributed by atoms with Crippen LogP contribution in [-0.2, 0) is 0 Å². The van der Waals surface area contributed by atoms with Crippen LogP contribution in [0.2, 0.25) is 0 Å². The van der Waals surface area contributed by atoms with Crippen molar-refractivity contribution in [1.29, 1.82) is 0 Å². The largest absolute Gasteiger partial charge is 0.493 e. The number of likely N-dealkylation sites (tertiary alicyclic amines) is 1. The molecule has 2 amide bonds. The van der Waals surface area contributed by atoms with Gasteiger partial charge in [-0.2, -0.15) is 0 Å². The van der Waals surface area contributed by atoms with E-state index in [2.05, 4.69) is 19.2 Å². The van der Waals surface area contributed by atoms with Crippen LogP contribution in [0.25, 0.3) is 11.0 Å². The number of nitrogens with zero attached hydrogens (tertiary/aromatic N) is 1. The molecule has 2 aromatic carbocycles. The van der Waals surface area contributed by atoms with Gasteiger partial charge in [-0.1, -0.05) is 38.1 Å². The first-order chi connectivity index (χ1) is 14.5. The van der Waals surface area contributed by atoms with Gasteiger partial charge in [0.1, 0.15) is 0 Å². The van der Waals surface area contributed by atoms with E-state index in [1.54, 1.807) is 37.4 Å². The highest BCUT2D eigenvalue weighted by atomic mass is 16.5. The normalized spacial score (nSPS) is 19.0. The van der Waals surface area contributed by atoms with E-state index >= 15 is 0 Å². The van der Waals surface area contributed by atoms with Gasteiger partial charge in [0.05, 0.1) is 18.4 Å². The Kier molecular flexibility index (Phi) is 5.48. The fourth-order valence-electron chi connectivity index (χ4n) is 4.27. The number of fused-ring (bicyclic) bond motifs is 1. The molecule has 3 aromatic rings. The van der Waals surface area contributed by atoms with Gasteiger partial charge in [0, 0.05) is 18.5 Å². The summed E-state index contributed by atoms with van der Waals surface area (Å²) in [6, 6.07) is 14.3. The summed E-state index contributed by atoms with van der Waals surface area (Å²) in [5, 5.41) is 3.62. The van der Waals surface area contributed by atoms with Crippen LogP contribution in [-0.4, -0.2) is 36.9 Å². The predicted molar refractivity (Wildman–Crippen MR) is 116 cm³/mol. The number of methoxy groups -OCH3 is 1. The highest BCUT2D eigenvalue weighted by Crippen LogP contribution is 2.29. The molecular weight excluding hydrogens is 380 g/mol. The molecule has 1 fully saturated rings. The topological polar surface area (TPSA) is 71.8 Å². The van der Waals surface area contributed by atoms with E-state index in [0.29, 0.717) is 34.4 Å². The molecule has 2 unspecified atom stereocenters. The number of carbonyl (C=O) groups excluding carboxylic acids is 2. The summed E-state index contributed by atoms with van der Waals surface area (Å²) in [6.45, 7) is 5.79. The van der Waals surface area contributed by atoms with Gasteiger partial charge in [-0.05, 0) is 42.5 Å². The molecule has 6 heteroatoms. The molecule has 2 atom stereocenters. The molecule has 1 saturated heterocycles. The highest BCUT2D eigenvalue weighted by molar-refractivity contribution is 6.09. The number of furan rings is 1. The Morgan fingerprint density at radius 1 is 1.07 bits per heavy atom. The summed E-state index contributed by atoms with van der Waals surface area (Å²) in [4.78, 5) is 27.9. The standard InChI is InChI=1S/C24H26N2O4/c1-15-11-16(2)14-26(13-15)24(28)18-8-4-5-9-19(18)25-23(27)21-12-17-7-6-10-20(29-3)22(17)30-21/h4-10,12,15-16H,11,13-14H2,1-3H3,(H,25,27). The Morgan fingerprint density at radius 2 is 1.80 bits per heavy atom. The van der Waals surface area contributed by atoms with Crippen molar-refractivity contribution in [3.63, 3.8) is 0 Å². The smallest absolute Gasteiger partial charge is 0.291 e. The van der Waals surface area contributed by atoms with E-state index in [0.717, 1.165) is 24.9 Å². The molecule has 2 heterocycles. The molecular formula is C24H26N2O4. The number of piperidine rings is 1. The van der Waals surface area contributed by atoms with Crippen molar-refractivity contribution < 1.29 is 18.7 Å². The van der Waals surface area contributed by atoms with Gasteiger partial charge in [-0.15, -0.1) is 0 Å². The van der Waals surface area contributed by atoms with Gasteiger partial charge in [0.25, 0.3) is 11.8 Å². The fourth-order valence-corrected chi connectivity index (χ4v) is 4.27. The minimum atomic E-state index is -0.408. The molecule has 0 spiro atoms. The number of carbonyl (C=O) groups is 2. The molecule has 6 nitrogen and oxygen atoms in total. The second kappa shape index (κ2) is 8.22. The van der Waals surface area contributed by atoms with Crippen molar-refractivity contribution in [2.75, 3.05) is 25.5 Å². The maximum Gasteiger partial charge on any atom is 0.291 e. The van der Waals surface area contributed by atoms with Gasteiger partial charge < -0.3 is 19.4 Å². The Bertz CT molecular complexity index is 1080. The van der Waals surface area contributed by atoms with Gasteiger partial charge in [-0.25, -0.2) is 0 Å². The summed E-state index contributed by atoms with van der Waals surface area (Å²) >= 11 is 0. The van der Waals surface area contributed by atoms with Crippen LogP contribution in [0.4, 0.5) is 5.69 Å². The van der Waals surface area contributed by atoms with Crippen molar-refractivity contribution >= 4 is 28.5 Å². The molecule has 30 heavy (non-hydrogen) atoms. The quantitative estimate of drug-likeness (QED) is 0.675. The Morgan fingerprint density at radius 3 is 2.53 bits per heavy atom. The lowest BCUT2D eigenvalue weighted by atomic mass is 9.91. The van der Waals surface area contributed by atoms with Crippen molar-refractivity contribution in [2.24, 2.45) is 11.8 Å². The zero-order valence-corrected chi connectivity index (χ0v) is 17.5. The van der Waals surface area contributed by atoms with Gasteiger partial charge in [-0.3, -0.25) is 9.59 Å². The second-order valence-corrected chi connectivity index (χ2v) is 8.15. The minimum Gasteiger partial charge on any atom is -0.493 e. The zero-order chi connectivity index (χ0) is 21.3. The van der Waals surface area contributed by atoms with Crippen LogP contribution in [0.3, 0.4) is 0 Å². The summed E-state index contributed by atoms with van der Waals surface area (Å²) in [7, 11) is 1.56. The van der Waals surface area contributed by atoms with Crippen molar-refractivity contribution in [1.82, 2.24) is 4.90 Å². The van der Waals surface area contributed by atoms with Crippen LogP contribution in [0, 0.1) is 11.8 Å². The van der Waals surface area contributed by atoms with E-state index < -0.39 is 5.91 Å². The SMILES string of the molecule is COc1cccc2cc(C(=O)Nc3ccccc3C(=O)N3CC(C)CC(C)C3)oc12. The molecule has 1 aliphatic heterocycles. The van der Waals surface area contributed by atoms with E-state index in [9.17, 15) is 9.59 Å². The number of ether oxygens (including phenoxy) is 1. The van der Waals surface area contributed by atoms with E-state index in [1.165, 1.54) is 0 Å². The Balaban J connectivity index is 1.58. The number of para-hydroxylation sites is 2. The van der Waals surface area contributed by atoms with E-state index in [1.807, 2.05) is 23.1 Å². The number of benzene rings is 2. The van der Waals surface area contributed by atoms with Crippen LogP contribution in [0.5, 0.6) is 5.75 Å². The van der Waals surface area contributed by atoms with Crippen LogP contribution in [0.1, 0.15) is 41.2 Å². The Labute approximate surface area is 175 Å². The molecule has 1 N–H and O–H groups in total. The average Bonchev–Trinajstić information content (AvgIpc) is 3.17. The summed E-state index contributed by atoms with van der Waals surface area (Å²) in [6.07, 6.45) is 1.12. The maximum atomic E-state index is 13.2. The molecule has 0 aliphatic carbocycles. The number of hydrogen-bond donors (Lipinski definition) is 1. The molecule has 1 aromatic heterocycles. The highest BCUT2D eigenvalue weighted by Gasteiger charge is 2.28. The number of hydrogen-bond acceptors (Lipinski definition) is 4. The molecule has 1 aliphatic rings. The first-order valence-corrected chi connectivity index (χ1v) is 10.2. The number of rotatable bonds is 4. The average molecular weight is 406 g/mol. The fraction of sp³-hybridized carbons (Fsp3) is 0.333. The second-order valence-electron chi connectivity index (χ2n) is 8.15. The first kappa shape index (κ1) is 20.0. The number of amides is 2. The van der Waals surface area contributed by atoms with E-state index in [-0.39, 0.29) is 11.7 Å².